The summed E-state index contributed by atoms with van der Waals surface area (Å²) < 4.78 is 21.8. The van der Waals surface area contributed by atoms with Gasteiger partial charge in [0.25, 0.3) is 0 Å². The van der Waals surface area contributed by atoms with Crippen molar-refractivity contribution in [3.63, 3.8) is 0 Å². The summed E-state index contributed by atoms with van der Waals surface area (Å²) in [4.78, 5) is 35.9. The third-order valence-corrected chi connectivity index (χ3v) is 6.99. The molecule has 0 aliphatic rings. The van der Waals surface area contributed by atoms with Crippen molar-refractivity contribution in [3.05, 3.63) is 83.9 Å². The Balaban J connectivity index is 1.41. The van der Waals surface area contributed by atoms with E-state index in [1.165, 1.54) is 19.8 Å². The van der Waals surface area contributed by atoms with E-state index in [-0.39, 0.29) is 18.0 Å². The molecule has 0 N–H and O–H groups in total. The highest BCUT2D eigenvalue weighted by molar-refractivity contribution is 5.92. The van der Waals surface area contributed by atoms with Crippen LogP contribution in [0.4, 0.5) is 0 Å². The summed E-state index contributed by atoms with van der Waals surface area (Å²) in [6.45, 7) is 6.62. The van der Waals surface area contributed by atoms with E-state index in [9.17, 15) is 14.4 Å². The molecule has 0 spiro atoms. The minimum atomic E-state index is -0.474. The van der Waals surface area contributed by atoms with Crippen LogP contribution in [0.3, 0.4) is 0 Å². The van der Waals surface area contributed by atoms with Gasteiger partial charge in [-0.05, 0) is 105 Å². The fraction of sp³-hybridized carbons (Fsp3) is 0.417. The van der Waals surface area contributed by atoms with Crippen LogP contribution in [0, 0.1) is 0 Å². The molecule has 7 heteroatoms. The quantitative estimate of drug-likeness (QED) is 0.0835. The van der Waals surface area contributed by atoms with Gasteiger partial charge >= 0.3 is 17.9 Å². The van der Waals surface area contributed by atoms with Gasteiger partial charge in [-0.2, -0.15) is 0 Å². The number of carbonyl (C=O) groups excluding carboxylic acids is 3. The second-order valence-electron chi connectivity index (χ2n) is 10.7. The van der Waals surface area contributed by atoms with E-state index in [1.54, 1.807) is 36.4 Å². The van der Waals surface area contributed by atoms with Gasteiger partial charge in [0.1, 0.15) is 11.5 Å². The highest BCUT2D eigenvalue weighted by atomic mass is 16.5. The van der Waals surface area contributed by atoms with Crippen molar-refractivity contribution in [2.45, 2.75) is 84.7 Å². The largest absolute Gasteiger partial charge is 0.494 e. The first kappa shape index (κ1) is 33.4. The molecular formula is C36H44O7. The van der Waals surface area contributed by atoms with E-state index >= 15 is 0 Å². The van der Waals surface area contributed by atoms with Gasteiger partial charge in [-0.3, -0.25) is 4.79 Å². The molecule has 230 valence electrons. The zero-order chi connectivity index (χ0) is 30.9. The lowest BCUT2D eigenvalue weighted by molar-refractivity contribution is -0.141. The van der Waals surface area contributed by atoms with E-state index < -0.39 is 5.97 Å². The Morgan fingerprint density at radius 2 is 1.16 bits per heavy atom. The molecule has 0 saturated heterocycles. The molecule has 3 aromatic rings. The summed E-state index contributed by atoms with van der Waals surface area (Å²) >= 11 is 0. The van der Waals surface area contributed by atoms with Crippen molar-refractivity contribution in [2.24, 2.45) is 0 Å². The average Bonchev–Trinajstić information content (AvgIpc) is 3.01. The van der Waals surface area contributed by atoms with Crippen LogP contribution in [-0.4, -0.2) is 37.2 Å². The maximum Gasteiger partial charge on any atom is 0.343 e. The number of esters is 3. The SMILES string of the molecule is CCCCCC[C@H](C)OC(=O)c1ccc(OC(=O)c2ccc(-c3ccc(OCCCCCCOC(C)=O)cc3)cc2)cc1. The molecule has 7 nitrogen and oxygen atoms in total. The average molecular weight is 589 g/mol. The Labute approximate surface area is 255 Å². The molecule has 0 saturated carbocycles. The molecule has 0 amide bonds. The van der Waals surface area contributed by atoms with Crippen LogP contribution < -0.4 is 9.47 Å². The second kappa shape index (κ2) is 18.4. The number of unbranched alkanes of at least 4 members (excludes halogenated alkanes) is 6. The lowest BCUT2D eigenvalue weighted by atomic mass is 10.0. The van der Waals surface area contributed by atoms with Crippen molar-refractivity contribution in [2.75, 3.05) is 13.2 Å². The smallest absolute Gasteiger partial charge is 0.343 e. The molecule has 0 unspecified atom stereocenters. The Morgan fingerprint density at radius 1 is 0.628 bits per heavy atom. The lowest BCUT2D eigenvalue weighted by Gasteiger charge is -2.13. The fourth-order valence-electron chi connectivity index (χ4n) is 4.50. The van der Waals surface area contributed by atoms with Crippen molar-refractivity contribution in [1.82, 2.24) is 0 Å². The van der Waals surface area contributed by atoms with Gasteiger partial charge < -0.3 is 18.9 Å². The minimum Gasteiger partial charge on any atom is -0.494 e. The molecular weight excluding hydrogens is 544 g/mol. The summed E-state index contributed by atoms with van der Waals surface area (Å²) in [5.41, 5.74) is 2.83. The predicted octanol–water partition coefficient (Wildman–Crippen LogP) is 8.59. The predicted molar refractivity (Wildman–Crippen MR) is 168 cm³/mol. The Morgan fingerprint density at radius 3 is 1.79 bits per heavy atom. The number of benzene rings is 3. The van der Waals surface area contributed by atoms with Crippen LogP contribution in [0.5, 0.6) is 11.5 Å². The Kier molecular flexibility index (Phi) is 14.3. The van der Waals surface area contributed by atoms with Gasteiger partial charge in [0.15, 0.2) is 0 Å². The molecule has 43 heavy (non-hydrogen) atoms. The molecule has 3 rings (SSSR count). The first-order valence-corrected chi connectivity index (χ1v) is 15.4. The maximum absolute atomic E-state index is 12.7. The number of rotatable bonds is 18. The Hall–Kier alpha value is -4.13. The van der Waals surface area contributed by atoms with Gasteiger partial charge in [-0.1, -0.05) is 50.5 Å². The second-order valence-corrected chi connectivity index (χ2v) is 10.7. The minimum absolute atomic E-state index is 0.135. The molecule has 0 aliphatic heterocycles. The molecule has 0 radical (unpaired) electrons. The van der Waals surface area contributed by atoms with E-state index in [0.717, 1.165) is 61.8 Å². The van der Waals surface area contributed by atoms with E-state index in [2.05, 4.69) is 6.92 Å². The molecule has 0 heterocycles. The van der Waals surface area contributed by atoms with Crippen molar-refractivity contribution in [1.29, 1.82) is 0 Å². The standard InChI is InChI=1S/C36H44O7/c1-4-5-6-9-12-27(2)42-35(38)32-19-23-34(24-20-32)43-36(39)31-15-13-29(14-16-31)30-17-21-33(22-18-30)41-26-11-8-7-10-25-40-28(3)37/h13-24,27H,4-12,25-26H2,1-3H3/t27-/m0/s1. The number of hydrogen-bond acceptors (Lipinski definition) is 7. The zero-order valence-corrected chi connectivity index (χ0v) is 25.6. The molecule has 3 aromatic carbocycles. The lowest BCUT2D eigenvalue weighted by Crippen LogP contribution is -2.15. The molecule has 0 aliphatic carbocycles. The number of carbonyl (C=O) groups is 3. The van der Waals surface area contributed by atoms with Gasteiger partial charge in [0.05, 0.1) is 30.4 Å². The first-order valence-electron chi connectivity index (χ1n) is 15.4. The zero-order valence-electron chi connectivity index (χ0n) is 25.6. The van der Waals surface area contributed by atoms with E-state index in [0.29, 0.717) is 30.1 Å². The van der Waals surface area contributed by atoms with Crippen LogP contribution in [0.1, 0.15) is 99.3 Å². The Bertz CT molecular complexity index is 1260. The van der Waals surface area contributed by atoms with Crippen LogP contribution in [0.2, 0.25) is 0 Å². The van der Waals surface area contributed by atoms with Crippen molar-refractivity contribution < 1.29 is 33.3 Å². The molecule has 0 fully saturated rings. The topological polar surface area (TPSA) is 88.1 Å². The highest BCUT2D eigenvalue weighted by Crippen LogP contribution is 2.24. The van der Waals surface area contributed by atoms with E-state index in [4.69, 9.17) is 18.9 Å². The summed E-state index contributed by atoms with van der Waals surface area (Å²) in [7, 11) is 0. The molecule has 0 bridgehead atoms. The summed E-state index contributed by atoms with van der Waals surface area (Å²) in [6.07, 6.45) is 9.10. The third kappa shape index (κ3) is 12.3. The van der Waals surface area contributed by atoms with Gasteiger partial charge in [-0.25, -0.2) is 9.59 Å². The van der Waals surface area contributed by atoms with Gasteiger partial charge in [0.2, 0.25) is 0 Å². The van der Waals surface area contributed by atoms with E-state index in [1.807, 2.05) is 43.3 Å². The summed E-state index contributed by atoms with van der Waals surface area (Å²) in [6, 6.07) is 21.5. The fourth-order valence-corrected chi connectivity index (χ4v) is 4.50. The van der Waals surface area contributed by atoms with Gasteiger partial charge in [-0.15, -0.1) is 0 Å². The number of ether oxygens (including phenoxy) is 4. The van der Waals surface area contributed by atoms with Crippen LogP contribution in [0.15, 0.2) is 72.8 Å². The third-order valence-electron chi connectivity index (χ3n) is 6.99. The summed E-state index contributed by atoms with van der Waals surface area (Å²) in [5.74, 6) is 0.0801. The number of hydrogen-bond donors (Lipinski definition) is 0. The van der Waals surface area contributed by atoms with Crippen molar-refractivity contribution in [3.8, 4) is 22.6 Å². The highest BCUT2D eigenvalue weighted by Gasteiger charge is 2.14. The maximum atomic E-state index is 12.7. The van der Waals surface area contributed by atoms with Crippen LogP contribution in [0.25, 0.3) is 11.1 Å². The summed E-state index contributed by atoms with van der Waals surface area (Å²) in [5, 5.41) is 0. The first-order chi connectivity index (χ1) is 20.9. The van der Waals surface area contributed by atoms with Crippen LogP contribution >= 0.6 is 0 Å². The molecule has 1 atom stereocenters. The van der Waals surface area contributed by atoms with Gasteiger partial charge in [0, 0.05) is 6.92 Å². The monoisotopic (exact) mass is 588 g/mol. The van der Waals surface area contributed by atoms with Crippen molar-refractivity contribution >= 4 is 17.9 Å². The van der Waals surface area contributed by atoms with Crippen LogP contribution in [-0.2, 0) is 14.3 Å². The normalized spacial score (nSPS) is 11.4. The molecule has 0 aromatic heterocycles.